The average molecular weight is 452 g/mol. The van der Waals surface area contributed by atoms with Crippen LogP contribution in [-0.4, -0.2) is 21.8 Å². The van der Waals surface area contributed by atoms with Crippen LogP contribution in [0.15, 0.2) is 72.8 Å². The maximum absolute atomic E-state index is 2.35. The number of fused-ring (bicyclic) bond motifs is 3. The summed E-state index contributed by atoms with van der Waals surface area (Å²) in [5.74, 6) is 0. The Hall–Kier alpha value is -1.46. The van der Waals surface area contributed by atoms with Gasteiger partial charge in [0.05, 0.1) is 0 Å². The first-order valence-corrected chi connectivity index (χ1v) is 12.1. The second kappa shape index (κ2) is 4.83. The van der Waals surface area contributed by atoms with Crippen molar-refractivity contribution in [1.82, 2.24) is 0 Å². The van der Waals surface area contributed by atoms with Crippen LogP contribution in [0.5, 0.6) is 0 Å². The van der Waals surface area contributed by atoms with Gasteiger partial charge in [0, 0.05) is 0 Å². The van der Waals surface area contributed by atoms with E-state index in [1.54, 1.807) is 9.81 Å². The molecular formula is C19H15Bi+2. The van der Waals surface area contributed by atoms with Gasteiger partial charge in [-0.1, -0.05) is 0 Å². The molecule has 0 N–H and O–H groups in total. The van der Waals surface area contributed by atoms with Crippen molar-refractivity contribution in [3.63, 3.8) is 0 Å². The Morgan fingerprint density at radius 2 is 1.10 bits per heavy atom. The van der Waals surface area contributed by atoms with Gasteiger partial charge >= 0.3 is 128 Å². The number of benzene rings is 3. The topological polar surface area (TPSA) is 0 Å². The minimum absolute atomic E-state index is 1.35. The van der Waals surface area contributed by atoms with Gasteiger partial charge in [-0.2, -0.15) is 0 Å². The van der Waals surface area contributed by atoms with Crippen LogP contribution in [0.4, 0.5) is 0 Å². The van der Waals surface area contributed by atoms with E-state index in [0.29, 0.717) is 0 Å². The quantitative estimate of drug-likeness (QED) is 0.390. The van der Waals surface area contributed by atoms with E-state index in [2.05, 4.69) is 79.7 Å². The molecule has 1 heterocycles. The Bertz CT molecular complexity index is 726. The van der Waals surface area contributed by atoms with Crippen LogP contribution in [0.25, 0.3) is 11.1 Å². The van der Waals surface area contributed by atoms with E-state index in [-0.39, 0.29) is 0 Å². The summed E-state index contributed by atoms with van der Waals surface area (Å²) in [5.41, 5.74) is 4.29. The van der Waals surface area contributed by atoms with Gasteiger partial charge in [-0.05, 0) is 0 Å². The van der Waals surface area contributed by atoms with Crippen molar-refractivity contribution in [3.05, 3.63) is 78.4 Å². The molecule has 0 radical (unpaired) electrons. The monoisotopic (exact) mass is 452 g/mol. The van der Waals surface area contributed by atoms with Crippen LogP contribution >= 0.6 is 0 Å². The summed E-state index contributed by atoms with van der Waals surface area (Å²) >= 11 is -2.02. The molecule has 3 aromatic carbocycles. The van der Waals surface area contributed by atoms with Gasteiger partial charge in [0.25, 0.3) is 0 Å². The van der Waals surface area contributed by atoms with E-state index in [0.717, 1.165) is 0 Å². The summed E-state index contributed by atoms with van der Waals surface area (Å²) in [6, 6.07) is 27.2. The summed E-state index contributed by atoms with van der Waals surface area (Å²) in [4.78, 5) is 0. The van der Waals surface area contributed by atoms with Gasteiger partial charge in [-0.3, -0.25) is 0 Å². The van der Waals surface area contributed by atoms with Crippen LogP contribution in [0, 0.1) is 6.92 Å². The molecule has 0 atom stereocenters. The first-order chi connectivity index (χ1) is 9.84. The zero-order chi connectivity index (χ0) is 13.5. The summed E-state index contributed by atoms with van der Waals surface area (Å²) < 4.78 is 4.85. The van der Waals surface area contributed by atoms with Gasteiger partial charge in [-0.25, -0.2) is 0 Å². The maximum atomic E-state index is 2.35. The van der Waals surface area contributed by atoms with Gasteiger partial charge < -0.3 is 0 Å². The third kappa shape index (κ3) is 1.84. The normalized spacial score (nSPS) is 12.2. The summed E-state index contributed by atoms with van der Waals surface area (Å²) in [5, 5.41) is 0. The molecule has 4 rings (SSSR count). The van der Waals surface area contributed by atoms with Crippen LogP contribution in [0.3, 0.4) is 0 Å². The minimum atomic E-state index is -2.02. The van der Waals surface area contributed by atoms with E-state index in [4.69, 9.17) is 0 Å². The molecule has 0 saturated carbocycles. The van der Waals surface area contributed by atoms with Crippen molar-refractivity contribution in [1.29, 1.82) is 0 Å². The predicted octanol–water partition coefficient (Wildman–Crippen LogP) is 2.49. The van der Waals surface area contributed by atoms with Gasteiger partial charge in [0.1, 0.15) is 0 Å². The van der Waals surface area contributed by atoms with Gasteiger partial charge in [0.2, 0.25) is 0 Å². The van der Waals surface area contributed by atoms with Crippen molar-refractivity contribution in [2.75, 3.05) is 0 Å². The zero-order valence-electron chi connectivity index (χ0n) is 11.4. The van der Waals surface area contributed by atoms with Crippen molar-refractivity contribution >= 4 is 31.6 Å². The predicted molar refractivity (Wildman–Crippen MR) is 87.7 cm³/mol. The molecular weight excluding hydrogens is 437 g/mol. The van der Waals surface area contributed by atoms with Crippen LogP contribution in [0.1, 0.15) is 5.56 Å². The Labute approximate surface area is 127 Å². The second-order valence-corrected chi connectivity index (χ2v) is 13.6. The zero-order valence-corrected chi connectivity index (χ0v) is 14.9. The van der Waals surface area contributed by atoms with Crippen LogP contribution < -0.4 is 9.81 Å². The first-order valence-electron chi connectivity index (χ1n) is 6.90. The van der Waals surface area contributed by atoms with Gasteiger partial charge in [0.15, 0.2) is 0 Å². The van der Waals surface area contributed by atoms with Crippen molar-refractivity contribution in [3.8, 4) is 11.1 Å². The average Bonchev–Trinajstić information content (AvgIpc) is 2.83. The molecule has 0 unspecified atom stereocenters. The molecule has 0 nitrogen and oxygen atoms in total. The Morgan fingerprint density at radius 1 is 0.600 bits per heavy atom. The second-order valence-electron chi connectivity index (χ2n) is 5.21. The third-order valence-corrected chi connectivity index (χ3v) is 13.8. The number of rotatable bonds is 1. The van der Waals surface area contributed by atoms with Crippen molar-refractivity contribution in [2.24, 2.45) is 0 Å². The first kappa shape index (κ1) is 12.3. The molecule has 1 aliphatic heterocycles. The number of hydrogen-bond donors (Lipinski definition) is 0. The number of hydrogen-bond acceptors (Lipinski definition) is 0. The molecule has 20 heavy (non-hydrogen) atoms. The Morgan fingerprint density at radius 3 is 1.65 bits per heavy atom. The fourth-order valence-corrected chi connectivity index (χ4v) is 13.0. The van der Waals surface area contributed by atoms with Crippen molar-refractivity contribution in [2.45, 2.75) is 6.92 Å². The van der Waals surface area contributed by atoms with Crippen LogP contribution in [-0.2, 0) is 0 Å². The molecule has 0 spiro atoms. The molecule has 0 aliphatic carbocycles. The van der Waals surface area contributed by atoms with Crippen LogP contribution in [0.2, 0.25) is 0 Å². The fraction of sp³-hybridized carbons (Fsp3) is 0.0526. The van der Waals surface area contributed by atoms with E-state index in [1.165, 1.54) is 16.7 Å². The third-order valence-electron chi connectivity index (χ3n) is 3.87. The van der Waals surface area contributed by atoms with E-state index >= 15 is 0 Å². The summed E-state index contributed by atoms with van der Waals surface area (Å²) in [6.45, 7) is 2.16. The molecule has 3 aromatic rings. The van der Waals surface area contributed by atoms with Gasteiger partial charge in [-0.15, -0.1) is 0 Å². The molecule has 1 aliphatic rings. The molecule has 0 amide bonds. The molecule has 0 saturated heterocycles. The van der Waals surface area contributed by atoms with E-state index in [1.807, 2.05) is 0 Å². The summed E-state index contributed by atoms with van der Waals surface area (Å²) in [6.07, 6.45) is 0. The summed E-state index contributed by atoms with van der Waals surface area (Å²) in [7, 11) is 0. The molecule has 94 valence electrons. The molecule has 0 aromatic heterocycles. The molecule has 0 fully saturated rings. The van der Waals surface area contributed by atoms with E-state index < -0.39 is 21.8 Å². The fourth-order valence-electron chi connectivity index (χ4n) is 2.89. The Kier molecular flexibility index (Phi) is 2.97. The SMILES string of the molecule is Cc1cc[c]([Bi+2]2[c]3ccccc3-c3cccc[c]32)cc1. The molecule has 1 heteroatoms. The Balaban J connectivity index is 1.97. The standard InChI is InChI=1S/C12H8.C7H7.Bi/c1-3-7-11(8-4-1)12-9-5-2-6-10-12;1-7-5-3-2-4-6-7;/h1-7,9H;3-6H,1H3;/q;;+2. The molecule has 0 bridgehead atoms. The van der Waals surface area contributed by atoms with Crippen molar-refractivity contribution < 1.29 is 0 Å². The number of aryl methyl sites for hydroxylation is 1. The van der Waals surface area contributed by atoms with E-state index in [9.17, 15) is 0 Å².